The third-order valence-corrected chi connectivity index (χ3v) is 5.64. The minimum absolute atomic E-state index is 0.209. The lowest BCUT2D eigenvalue weighted by atomic mass is 9.98. The fourth-order valence-corrected chi connectivity index (χ4v) is 3.40. The zero-order valence-electron chi connectivity index (χ0n) is 21.9. The van der Waals surface area contributed by atoms with Gasteiger partial charge in [-0.3, -0.25) is 9.36 Å². The zero-order chi connectivity index (χ0) is 31.7. The lowest BCUT2D eigenvalue weighted by Crippen LogP contribution is -2.31. The second-order valence-electron chi connectivity index (χ2n) is 9.77. The van der Waals surface area contributed by atoms with Crippen LogP contribution in [-0.2, 0) is 34.6 Å². The highest BCUT2D eigenvalue weighted by Gasteiger charge is 2.39. The smallest absolute Gasteiger partial charge is 0.433 e. The zero-order valence-corrected chi connectivity index (χ0v) is 22.6. The molecule has 42 heavy (non-hydrogen) atoms. The maximum absolute atomic E-state index is 13.8. The van der Waals surface area contributed by atoms with Gasteiger partial charge in [0.15, 0.2) is 5.69 Å². The summed E-state index contributed by atoms with van der Waals surface area (Å²) in [4.78, 5) is 19.1. The maximum atomic E-state index is 13.8. The van der Waals surface area contributed by atoms with E-state index < -0.39 is 77.3 Å². The number of nitrogens with zero attached hydrogens (tertiary/aromatic N) is 3. The van der Waals surface area contributed by atoms with Gasteiger partial charge in [0, 0.05) is 11.1 Å². The molecule has 1 heterocycles. The van der Waals surface area contributed by atoms with E-state index in [0.29, 0.717) is 28.8 Å². The predicted molar refractivity (Wildman–Crippen MR) is 130 cm³/mol. The quantitative estimate of drug-likeness (QED) is 0.159. The van der Waals surface area contributed by atoms with Crippen molar-refractivity contribution in [1.29, 1.82) is 0 Å². The molecule has 0 atom stereocenters. The monoisotopic (exact) mass is 629 g/mol. The molecule has 2 aromatic carbocycles. The van der Waals surface area contributed by atoms with E-state index >= 15 is 0 Å². The van der Waals surface area contributed by atoms with E-state index in [4.69, 9.17) is 21.1 Å². The molecule has 0 unspecified atom stereocenters. The van der Waals surface area contributed by atoms with E-state index in [9.17, 15) is 44.3 Å². The van der Waals surface area contributed by atoms with E-state index in [1.165, 1.54) is 45.0 Å². The molecule has 0 saturated carbocycles. The van der Waals surface area contributed by atoms with E-state index in [1.54, 1.807) is 0 Å². The van der Waals surface area contributed by atoms with Crippen LogP contribution in [0.5, 0.6) is 5.88 Å². The van der Waals surface area contributed by atoms with Crippen molar-refractivity contribution in [2.24, 2.45) is 10.4 Å². The lowest BCUT2D eigenvalue weighted by Gasteiger charge is -2.20. The average molecular weight is 630 g/mol. The van der Waals surface area contributed by atoms with Crippen LogP contribution in [0.4, 0.5) is 45.2 Å². The topological polar surface area (TPSA) is 65.7 Å². The minimum Gasteiger partial charge on any atom is -0.442 e. The Balaban J connectivity index is 2.29. The van der Waals surface area contributed by atoms with Gasteiger partial charge in [-0.05, 0) is 56.7 Å². The van der Waals surface area contributed by atoms with Crippen molar-refractivity contribution in [2.75, 3.05) is 6.79 Å². The molecule has 0 aliphatic carbocycles. The van der Waals surface area contributed by atoms with Crippen molar-refractivity contribution in [3.63, 3.8) is 0 Å². The third-order valence-electron chi connectivity index (χ3n) is 5.39. The van der Waals surface area contributed by atoms with Crippen LogP contribution < -0.4 is 10.4 Å². The highest BCUT2D eigenvalue weighted by atomic mass is 35.5. The number of carbonyl (C=O) groups excluding carboxylic acids is 1. The van der Waals surface area contributed by atoms with Gasteiger partial charge in [0.05, 0.1) is 28.8 Å². The normalized spacial score (nSPS) is 13.3. The highest BCUT2D eigenvalue weighted by molar-refractivity contribution is 6.30. The van der Waals surface area contributed by atoms with Gasteiger partial charge >= 0.3 is 24.5 Å². The summed E-state index contributed by atoms with van der Waals surface area (Å²) in [6.07, 6.45) is -15.7. The van der Waals surface area contributed by atoms with Crippen molar-refractivity contribution in [3.05, 3.63) is 81.6 Å². The summed E-state index contributed by atoms with van der Waals surface area (Å²) < 4.78 is 133. The minimum atomic E-state index is -5.37. The molecule has 6 nitrogen and oxygen atoms in total. The van der Waals surface area contributed by atoms with Crippen LogP contribution in [0, 0.1) is 5.41 Å². The van der Waals surface area contributed by atoms with Crippen LogP contribution in [-0.4, -0.2) is 22.3 Å². The molecule has 0 aliphatic heterocycles. The summed E-state index contributed by atoms with van der Waals surface area (Å²) in [5.74, 6) is -1.45. The van der Waals surface area contributed by atoms with Crippen LogP contribution >= 0.6 is 11.6 Å². The van der Waals surface area contributed by atoms with Gasteiger partial charge in [0.1, 0.15) is 0 Å². The molecule has 0 saturated heterocycles. The number of rotatable bonds is 6. The van der Waals surface area contributed by atoms with Crippen LogP contribution in [0.2, 0.25) is 5.02 Å². The largest absolute Gasteiger partial charge is 0.442 e. The summed E-state index contributed by atoms with van der Waals surface area (Å²) >= 11 is 5.87. The first kappa shape index (κ1) is 32.8. The van der Waals surface area contributed by atoms with Crippen molar-refractivity contribution >= 4 is 23.3 Å². The molecular weight excluding hydrogens is 609 g/mol. The Labute approximate surface area is 237 Å². The Morgan fingerprint density at radius 3 is 2.02 bits per heavy atom. The van der Waals surface area contributed by atoms with Gasteiger partial charge in [-0.2, -0.15) is 39.5 Å². The molecular formula is C26H21ClF9N3O3. The molecule has 3 rings (SSSR count). The second-order valence-corrected chi connectivity index (χ2v) is 10.2. The van der Waals surface area contributed by atoms with Gasteiger partial charge in [0.2, 0.25) is 18.3 Å². The van der Waals surface area contributed by atoms with Gasteiger partial charge in [-0.15, -0.1) is 0 Å². The van der Waals surface area contributed by atoms with E-state index in [-0.39, 0.29) is 6.07 Å². The van der Waals surface area contributed by atoms with Crippen molar-refractivity contribution in [1.82, 2.24) is 9.55 Å². The van der Waals surface area contributed by atoms with E-state index in [1.807, 2.05) is 0 Å². The Morgan fingerprint density at radius 1 is 0.881 bits per heavy atom. The van der Waals surface area contributed by atoms with E-state index in [2.05, 4.69) is 9.98 Å². The number of aromatic nitrogens is 2. The molecule has 0 N–H and O–H groups in total. The number of halogens is 10. The number of hydrogen-bond donors (Lipinski definition) is 0. The van der Waals surface area contributed by atoms with Gasteiger partial charge in [-0.25, -0.2) is 9.98 Å². The highest BCUT2D eigenvalue weighted by Crippen LogP contribution is 2.40. The Kier molecular flexibility index (Phi) is 9.25. The lowest BCUT2D eigenvalue weighted by molar-refractivity contribution is -0.160. The molecule has 3 aromatic rings. The fraction of sp³-hybridized carbons (Fsp3) is 0.346. The molecule has 0 spiro atoms. The number of ether oxygens (including phenoxy) is 2. The second kappa shape index (κ2) is 11.9. The van der Waals surface area contributed by atoms with Gasteiger partial charge in [0.25, 0.3) is 0 Å². The van der Waals surface area contributed by atoms with Crippen LogP contribution in [0.25, 0.3) is 0 Å². The number of hydrogen-bond acceptors (Lipinski definition) is 5. The number of alkyl halides is 9. The van der Waals surface area contributed by atoms with Crippen LogP contribution in [0.1, 0.15) is 43.2 Å². The molecule has 0 radical (unpaired) electrons. The maximum Gasteiger partial charge on any atom is 0.433 e. The number of esters is 1. The third kappa shape index (κ3) is 8.39. The van der Waals surface area contributed by atoms with Crippen molar-refractivity contribution in [3.8, 4) is 5.88 Å². The average Bonchev–Trinajstić information content (AvgIpc) is 2.84. The first-order valence-electron chi connectivity index (χ1n) is 11.7. The Hall–Kier alpha value is -3.75. The van der Waals surface area contributed by atoms with Crippen LogP contribution in [0.15, 0.2) is 53.5 Å². The molecule has 0 amide bonds. The van der Waals surface area contributed by atoms with Crippen LogP contribution in [0.3, 0.4) is 0 Å². The summed E-state index contributed by atoms with van der Waals surface area (Å²) in [6.45, 7) is 3.22. The number of benzene rings is 2. The molecule has 0 bridgehead atoms. The molecule has 1 aromatic heterocycles. The summed E-state index contributed by atoms with van der Waals surface area (Å²) in [6, 6.07) is 6.61. The summed E-state index contributed by atoms with van der Waals surface area (Å²) in [7, 11) is 0. The first-order valence-corrected chi connectivity index (χ1v) is 12.1. The Bertz CT molecular complexity index is 1510. The SMILES string of the molecule is CC(C)(C)C(=O)OCOc1cc(C(F)(F)F)nc(=Nc2ccc(C(F)(F)F)cc2C(F)(F)F)n1Cc1ccc(Cl)cc1. The number of carbonyl (C=O) groups is 1. The first-order chi connectivity index (χ1) is 19.2. The molecule has 0 aliphatic rings. The van der Waals surface area contributed by atoms with Gasteiger partial charge < -0.3 is 9.47 Å². The van der Waals surface area contributed by atoms with E-state index in [0.717, 1.165) is 4.57 Å². The molecule has 0 fully saturated rings. The molecule has 16 heteroatoms. The fourth-order valence-electron chi connectivity index (χ4n) is 3.27. The standard InChI is InChI=1S/C26H21ClF9N3O3/c1-23(2,3)21(40)42-13-41-20-11-19(26(34,35)36)38-22(39(20)12-14-4-7-16(27)8-5-14)37-18-9-6-15(24(28,29)30)10-17(18)25(31,32)33/h4-11H,12-13H2,1-3H3. The van der Waals surface area contributed by atoms with Crippen molar-refractivity contribution in [2.45, 2.75) is 45.8 Å². The molecule has 228 valence electrons. The summed E-state index contributed by atoms with van der Waals surface area (Å²) in [5, 5.41) is 0.296. The van der Waals surface area contributed by atoms with Crippen molar-refractivity contribution < 1.29 is 53.8 Å². The summed E-state index contributed by atoms with van der Waals surface area (Å²) in [5.41, 5.74) is -7.96. The Morgan fingerprint density at radius 2 is 1.50 bits per heavy atom. The van der Waals surface area contributed by atoms with Gasteiger partial charge in [-0.1, -0.05) is 23.7 Å². The predicted octanol–water partition coefficient (Wildman–Crippen LogP) is 7.80.